The molecule has 2 aromatic rings. The molecule has 0 unspecified atom stereocenters. The summed E-state index contributed by atoms with van der Waals surface area (Å²) in [6.45, 7) is 13.7. The van der Waals surface area contributed by atoms with E-state index in [9.17, 15) is 0 Å². The summed E-state index contributed by atoms with van der Waals surface area (Å²) in [7, 11) is 5.96. The molecule has 3 nitrogen and oxygen atoms in total. The number of rotatable bonds is 0. The molecule has 0 spiro atoms. The standard InChI is InChI=1S/C21H22Br2N2.C3H6.C2H7N.C2H6/c1-13-3-5-17-18(20(13)23)6-4-15-11-16(22)12-24-21(15)19(17)14-7-9-25(2)10-8-14;2*1-3-2;1-2/h3,5,11-12H,4,6-10H2,1-2H3;3H,1H2,2H3;3H,1-2H3;1-2H3. The number of hydrogen-bond donors (Lipinski definition) is 1. The van der Waals surface area contributed by atoms with Gasteiger partial charge < -0.3 is 10.2 Å². The summed E-state index contributed by atoms with van der Waals surface area (Å²) < 4.78 is 2.34. The number of likely N-dealkylation sites (tertiary alicyclic amines) is 1. The van der Waals surface area contributed by atoms with Crippen molar-refractivity contribution in [1.29, 1.82) is 0 Å². The highest BCUT2D eigenvalue weighted by Gasteiger charge is 2.26. The zero-order chi connectivity index (χ0) is 25.0. The summed E-state index contributed by atoms with van der Waals surface area (Å²) in [5.74, 6) is 0. The van der Waals surface area contributed by atoms with Crippen LogP contribution in [-0.2, 0) is 12.8 Å². The molecule has 0 bridgehead atoms. The van der Waals surface area contributed by atoms with Crippen LogP contribution < -0.4 is 5.32 Å². The molecule has 33 heavy (non-hydrogen) atoms. The Labute approximate surface area is 219 Å². The lowest BCUT2D eigenvalue weighted by Gasteiger charge is -2.27. The van der Waals surface area contributed by atoms with Crippen LogP contribution in [0.2, 0.25) is 0 Å². The summed E-state index contributed by atoms with van der Waals surface area (Å²) in [5, 5.41) is 2.75. The molecule has 1 N–H and O–H groups in total. The number of piperidine rings is 1. The summed E-state index contributed by atoms with van der Waals surface area (Å²) in [6.07, 6.45) is 8.05. The van der Waals surface area contributed by atoms with E-state index in [2.05, 4.69) is 80.8 Å². The Morgan fingerprint density at radius 2 is 1.64 bits per heavy atom. The molecule has 0 amide bonds. The van der Waals surface area contributed by atoms with Crippen LogP contribution in [0.1, 0.15) is 61.6 Å². The lowest BCUT2D eigenvalue weighted by molar-refractivity contribution is 0.313. The molecule has 1 aromatic heterocycles. The van der Waals surface area contributed by atoms with E-state index in [-0.39, 0.29) is 0 Å². The van der Waals surface area contributed by atoms with Crippen LogP contribution in [0.4, 0.5) is 0 Å². The van der Waals surface area contributed by atoms with Crippen molar-refractivity contribution in [3.63, 3.8) is 0 Å². The van der Waals surface area contributed by atoms with E-state index < -0.39 is 0 Å². The largest absolute Gasteiger partial charge is 0.323 e. The van der Waals surface area contributed by atoms with Gasteiger partial charge in [0.25, 0.3) is 0 Å². The zero-order valence-corrected chi connectivity index (χ0v) is 24.7. The van der Waals surface area contributed by atoms with Gasteiger partial charge in [-0.1, -0.05) is 53.6 Å². The first-order chi connectivity index (χ1) is 15.9. The van der Waals surface area contributed by atoms with Gasteiger partial charge in [0.2, 0.25) is 0 Å². The summed E-state index contributed by atoms with van der Waals surface area (Å²) in [5.41, 5.74) is 9.64. The molecule has 1 saturated heterocycles. The third-order valence-electron chi connectivity index (χ3n) is 5.46. The second kappa shape index (κ2) is 15.6. The van der Waals surface area contributed by atoms with Gasteiger partial charge in [0.15, 0.2) is 0 Å². The fourth-order valence-corrected chi connectivity index (χ4v) is 4.92. The summed E-state index contributed by atoms with van der Waals surface area (Å²) >= 11 is 7.47. The minimum absolute atomic E-state index is 1.04. The van der Waals surface area contributed by atoms with Crippen molar-refractivity contribution in [3.8, 4) is 0 Å². The van der Waals surface area contributed by atoms with Gasteiger partial charge in [0.1, 0.15) is 0 Å². The molecule has 182 valence electrons. The smallest absolute Gasteiger partial charge is 0.0740 e. The van der Waals surface area contributed by atoms with Crippen LogP contribution in [0.5, 0.6) is 0 Å². The fourth-order valence-electron chi connectivity index (χ4n) is 4.00. The van der Waals surface area contributed by atoms with Gasteiger partial charge >= 0.3 is 0 Å². The predicted molar refractivity (Wildman–Crippen MR) is 153 cm³/mol. The number of allylic oxidation sites excluding steroid dienone is 1. The second-order valence-electron chi connectivity index (χ2n) is 8.07. The number of nitrogens with zero attached hydrogens (tertiary/aromatic N) is 2. The highest BCUT2D eigenvalue weighted by Crippen LogP contribution is 2.41. The van der Waals surface area contributed by atoms with Gasteiger partial charge in [-0.25, -0.2) is 0 Å². The Hall–Kier alpha value is -1.27. The Morgan fingerprint density at radius 1 is 1.06 bits per heavy atom. The molecule has 2 aliphatic rings. The van der Waals surface area contributed by atoms with Gasteiger partial charge in [-0.05, 0) is 105 Å². The van der Waals surface area contributed by atoms with E-state index in [0.29, 0.717) is 0 Å². The van der Waals surface area contributed by atoms with Crippen LogP contribution >= 0.6 is 31.9 Å². The van der Waals surface area contributed by atoms with Crippen LogP contribution in [0.15, 0.2) is 51.6 Å². The first-order valence-corrected chi connectivity index (χ1v) is 13.5. The molecule has 0 atom stereocenters. The van der Waals surface area contributed by atoms with Crippen LogP contribution in [0.25, 0.3) is 5.57 Å². The number of benzene rings is 1. The number of fused-ring (bicyclic) bond motifs is 2. The first-order valence-electron chi connectivity index (χ1n) is 11.9. The summed E-state index contributed by atoms with van der Waals surface area (Å²) in [6, 6.07) is 6.81. The predicted octanol–water partition coefficient (Wildman–Crippen LogP) is 7.60. The number of pyridine rings is 1. The normalized spacial score (nSPS) is 14.7. The maximum absolute atomic E-state index is 4.87. The zero-order valence-electron chi connectivity index (χ0n) is 21.5. The third-order valence-corrected chi connectivity index (χ3v) is 7.00. The average molecular weight is 579 g/mol. The molecular formula is C28H41Br2N3. The molecule has 1 aliphatic carbocycles. The minimum Gasteiger partial charge on any atom is -0.323 e. The van der Waals surface area contributed by atoms with Crippen molar-refractivity contribution in [2.75, 3.05) is 34.2 Å². The van der Waals surface area contributed by atoms with E-state index in [1.165, 1.54) is 38.0 Å². The molecular weight excluding hydrogens is 538 g/mol. The highest BCUT2D eigenvalue weighted by molar-refractivity contribution is 9.10. The quantitative estimate of drug-likeness (QED) is 0.326. The van der Waals surface area contributed by atoms with E-state index in [0.717, 1.165) is 43.2 Å². The Balaban J connectivity index is 0.000000605. The van der Waals surface area contributed by atoms with Gasteiger partial charge in [-0.3, -0.25) is 4.98 Å². The van der Waals surface area contributed by atoms with Crippen LogP contribution in [0, 0.1) is 6.92 Å². The summed E-state index contributed by atoms with van der Waals surface area (Å²) in [4.78, 5) is 7.29. The number of nitrogens with one attached hydrogen (secondary N) is 1. The average Bonchev–Trinajstić information content (AvgIpc) is 2.96. The molecule has 2 heterocycles. The van der Waals surface area contributed by atoms with Crippen LogP contribution in [-0.4, -0.2) is 44.1 Å². The maximum Gasteiger partial charge on any atom is 0.0740 e. The minimum atomic E-state index is 1.04. The second-order valence-corrected chi connectivity index (χ2v) is 9.78. The van der Waals surface area contributed by atoms with Gasteiger partial charge in [-0.15, -0.1) is 6.58 Å². The van der Waals surface area contributed by atoms with E-state index in [4.69, 9.17) is 4.98 Å². The van der Waals surface area contributed by atoms with Gasteiger partial charge in [0.05, 0.1) is 5.69 Å². The molecule has 4 rings (SSSR count). The van der Waals surface area contributed by atoms with Crippen molar-refractivity contribution >= 4 is 37.4 Å². The Morgan fingerprint density at radius 3 is 2.21 bits per heavy atom. The van der Waals surface area contributed by atoms with E-state index in [1.807, 2.05) is 41.1 Å². The first kappa shape index (κ1) is 29.8. The van der Waals surface area contributed by atoms with Crippen LogP contribution in [0.3, 0.4) is 0 Å². The van der Waals surface area contributed by atoms with Gasteiger partial charge in [-0.2, -0.15) is 0 Å². The van der Waals surface area contributed by atoms with Crippen molar-refractivity contribution in [1.82, 2.24) is 15.2 Å². The highest BCUT2D eigenvalue weighted by atomic mass is 79.9. The number of halogens is 2. The Kier molecular flexibility index (Phi) is 14.1. The van der Waals surface area contributed by atoms with Crippen molar-refractivity contribution in [2.24, 2.45) is 0 Å². The lowest BCUT2D eigenvalue weighted by atomic mass is 9.88. The topological polar surface area (TPSA) is 28.2 Å². The number of aromatic nitrogens is 1. The molecule has 1 fully saturated rings. The fraction of sp³-hybridized carbons (Fsp3) is 0.464. The van der Waals surface area contributed by atoms with Crippen molar-refractivity contribution in [2.45, 2.75) is 53.4 Å². The third kappa shape index (κ3) is 8.17. The SMILES string of the molecule is C=CC.CC.CNC.Cc1ccc2c(c1Br)CCc1cc(Br)cnc1C2=C1CCN(C)CC1. The lowest BCUT2D eigenvalue weighted by Crippen LogP contribution is -2.27. The molecule has 1 aromatic carbocycles. The Bertz CT molecular complexity index is 925. The van der Waals surface area contributed by atoms with Crippen molar-refractivity contribution in [3.05, 3.63) is 79.5 Å². The van der Waals surface area contributed by atoms with Crippen molar-refractivity contribution < 1.29 is 0 Å². The maximum atomic E-state index is 4.87. The molecule has 0 radical (unpaired) electrons. The van der Waals surface area contributed by atoms with E-state index in [1.54, 1.807) is 11.6 Å². The number of hydrogen-bond acceptors (Lipinski definition) is 3. The monoisotopic (exact) mass is 577 g/mol. The molecule has 0 saturated carbocycles. The van der Waals surface area contributed by atoms with Gasteiger partial charge in [0, 0.05) is 33.8 Å². The molecule has 5 heteroatoms. The van der Waals surface area contributed by atoms with E-state index >= 15 is 0 Å². The number of aryl methyl sites for hydroxylation is 2. The molecule has 1 aliphatic heterocycles.